The average molecular weight is 531 g/mol. The number of hydrogen-bond acceptors (Lipinski definition) is 7. The summed E-state index contributed by atoms with van der Waals surface area (Å²) in [6, 6.07) is 13.4. The molecule has 1 atom stereocenters. The predicted octanol–water partition coefficient (Wildman–Crippen LogP) is 3.47. The number of esters is 1. The number of pyridine rings is 2. The van der Waals surface area contributed by atoms with Crippen molar-refractivity contribution in [2.24, 2.45) is 0 Å². The van der Waals surface area contributed by atoms with Crippen molar-refractivity contribution >= 4 is 16.9 Å². The maximum absolute atomic E-state index is 13.9. The second-order valence-corrected chi connectivity index (χ2v) is 9.96. The summed E-state index contributed by atoms with van der Waals surface area (Å²) in [5, 5.41) is 31.3. The van der Waals surface area contributed by atoms with Gasteiger partial charge in [0.1, 0.15) is 5.75 Å². The van der Waals surface area contributed by atoms with Gasteiger partial charge in [-0.2, -0.15) is 0 Å². The first-order chi connectivity index (χ1) is 18.7. The largest absolute Gasteiger partial charge is 0.507 e. The van der Waals surface area contributed by atoms with Crippen LogP contribution in [-0.2, 0) is 35.5 Å². The van der Waals surface area contributed by atoms with Crippen molar-refractivity contribution in [2.45, 2.75) is 51.6 Å². The van der Waals surface area contributed by atoms with Crippen LogP contribution in [-0.4, -0.2) is 37.5 Å². The fourth-order valence-electron chi connectivity index (χ4n) is 5.59. The van der Waals surface area contributed by atoms with Gasteiger partial charge in [-0.25, -0.2) is 0 Å². The third-order valence-electron chi connectivity index (χ3n) is 7.56. The lowest BCUT2D eigenvalue weighted by atomic mass is 9.87. The number of aromatic hydroxyl groups is 3. The Morgan fingerprint density at radius 3 is 2.54 bits per heavy atom. The fourth-order valence-corrected chi connectivity index (χ4v) is 5.59. The molecule has 1 aliphatic rings. The number of nitrogens with zero attached hydrogens (tertiary/aromatic N) is 2. The van der Waals surface area contributed by atoms with E-state index >= 15 is 0 Å². The first-order valence-corrected chi connectivity index (χ1v) is 12.9. The van der Waals surface area contributed by atoms with Gasteiger partial charge in [-0.3, -0.25) is 14.4 Å². The third-order valence-corrected chi connectivity index (χ3v) is 7.56. The second-order valence-electron chi connectivity index (χ2n) is 9.96. The van der Waals surface area contributed by atoms with E-state index in [1.165, 1.54) is 29.9 Å². The van der Waals surface area contributed by atoms with E-state index in [1.807, 2.05) is 18.2 Å². The molecular formula is C30H30N2O7. The van der Waals surface area contributed by atoms with E-state index in [4.69, 9.17) is 4.74 Å². The van der Waals surface area contributed by atoms with E-state index in [0.29, 0.717) is 24.2 Å². The number of rotatable bonds is 7. The van der Waals surface area contributed by atoms with Gasteiger partial charge >= 0.3 is 5.97 Å². The molecule has 2 aromatic heterocycles. The molecule has 39 heavy (non-hydrogen) atoms. The van der Waals surface area contributed by atoms with Gasteiger partial charge in [0, 0.05) is 30.3 Å². The van der Waals surface area contributed by atoms with Crippen LogP contribution in [0, 0.1) is 6.92 Å². The van der Waals surface area contributed by atoms with Gasteiger partial charge in [0.05, 0.1) is 24.6 Å². The first-order valence-electron chi connectivity index (χ1n) is 12.9. The second kappa shape index (κ2) is 10.3. The highest BCUT2D eigenvalue weighted by atomic mass is 16.5. The summed E-state index contributed by atoms with van der Waals surface area (Å²) in [6.45, 7) is 2.41. The molecule has 202 valence electrons. The highest BCUT2D eigenvalue weighted by Crippen LogP contribution is 2.34. The van der Waals surface area contributed by atoms with Gasteiger partial charge in [0.2, 0.25) is 0 Å². The topological polar surface area (TPSA) is 131 Å². The van der Waals surface area contributed by atoms with E-state index in [2.05, 4.69) is 0 Å². The van der Waals surface area contributed by atoms with E-state index in [-0.39, 0.29) is 46.9 Å². The highest BCUT2D eigenvalue weighted by Gasteiger charge is 2.30. The van der Waals surface area contributed by atoms with Crippen LogP contribution in [0.5, 0.6) is 17.2 Å². The average Bonchev–Trinajstić information content (AvgIpc) is 2.91. The number of aromatic nitrogens is 2. The molecule has 0 unspecified atom stereocenters. The van der Waals surface area contributed by atoms with Crippen LogP contribution in [0.1, 0.15) is 46.7 Å². The van der Waals surface area contributed by atoms with Gasteiger partial charge in [-0.1, -0.05) is 24.3 Å². The summed E-state index contributed by atoms with van der Waals surface area (Å²) in [6.07, 6.45) is 1.72. The zero-order valence-electron chi connectivity index (χ0n) is 21.8. The molecule has 5 rings (SSSR count). The summed E-state index contributed by atoms with van der Waals surface area (Å²) in [5.41, 5.74) is 2.51. The summed E-state index contributed by atoms with van der Waals surface area (Å²) >= 11 is 0. The lowest BCUT2D eigenvalue weighted by Gasteiger charge is -2.24. The van der Waals surface area contributed by atoms with Crippen molar-refractivity contribution in [2.75, 3.05) is 7.11 Å². The van der Waals surface area contributed by atoms with Crippen LogP contribution in [0.3, 0.4) is 0 Å². The lowest BCUT2D eigenvalue weighted by Crippen LogP contribution is -2.33. The third kappa shape index (κ3) is 4.76. The van der Waals surface area contributed by atoms with Crippen molar-refractivity contribution < 1.29 is 24.9 Å². The van der Waals surface area contributed by atoms with Gasteiger partial charge in [-0.05, 0) is 67.0 Å². The van der Waals surface area contributed by atoms with Crippen molar-refractivity contribution in [3.63, 3.8) is 0 Å². The Hall–Kier alpha value is -4.53. The van der Waals surface area contributed by atoms with Crippen molar-refractivity contribution in [1.29, 1.82) is 0 Å². The Labute approximate surface area is 224 Å². The van der Waals surface area contributed by atoms with E-state index in [9.17, 15) is 29.7 Å². The Morgan fingerprint density at radius 2 is 1.79 bits per heavy atom. The molecule has 0 bridgehead atoms. The Bertz CT molecular complexity index is 1720. The van der Waals surface area contributed by atoms with Crippen LogP contribution >= 0.6 is 0 Å². The normalized spacial score (nSPS) is 13.4. The van der Waals surface area contributed by atoms with E-state index < -0.39 is 17.4 Å². The summed E-state index contributed by atoms with van der Waals surface area (Å²) < 4.78 is 8.09. The molecule has 0 saturated heterocycles. The van der Waals surface area contributed by atoms with Crippen LogP contribution in [0.4, 0.5) is 0 Å². The lowest BCUT2D eigenvalue weighted by molar-refractivity contribution is -0.140. The monoisotopic (exact) mass is 530 g/mol. The quantitative estimate of drug-likeness (QED) is 0.246. The summed E-state index contributed by atoms with van der Waals surface area (Å²) in [4.78, 5) is 40.2. The molecule has 0 saturated carbocycles. The molecule has 9 heteroatoms. The highest BCUT2D eigenvalue weighted by molar-refractivity contribution is 5.84. The molecule has 1 aliphatic heterocycles. The molecule has 0 fully saturated rings. The zero-order valence-corrected chi connectivity index (χ0v) is 21.8. The molecule has 2 aromatic carbocycles. The van der Waals surface area contributed by atoms with Crippen molar-refractivity contribution in [3.8, 4) is 17.2 Å². The number of carbonyl (C=O) groups excluding carboxylic acids is 1. The van der Waals surface area contributed by atoms with Crippen molar-refractivity contribution in [1.82, 2.24) is 9.13 Å². The smallest absolute Gasteiger partial charge is 0.306 e. The molecule has 9 nitrogen and oxygen atoms in total. The van der Waals surface area contributed by atoms with Crippen LogP contribution < -0.4 is 11.1 Å². The molecule has 0 amide bonds. The minimum atomic E-state index is -1.03. The Morgan fingerprint density at radius 1 is 1.00 bits per heavy atom. The van der Waals surface area contributed by atoms with Gasteiger partial charge in [-0.15, -0.1) is 0 Å². The van der Waals surface area contributed by atoms with E-state index in [1.54, 1.807) is 23.6 Å². The number of phenols is 2. The number of hydrogen-bond donors (Lipinski definition) is 3. The summed E-state index contributed by atoms with van der Waals surface area (Å²) in [7, 11) is 1.24. The first kappa shape index (κ1) is 26.1. The number of carbonyl (C=O) groups is 1. The standard InChI is InChI=1S/C30H30N2O7/c1-17-13-25(35)27(30(38)31(17)12-10-18-8-9-23(33)24(34)14-18)21(16-26(36)39-2)22-15-20-6-3-5-19-7-4-11-32(28(19)20)29(22)37/h3,5-6,8-9,13-15,21,33-35H,4,7,10-12,16H2,1-2H3/t21-/m1/s1. The number of methoxy groups -OCH3 is 1. The molecule has 0 radical (unpaired) electrons. The van der Waals surface area contributed by atoms with E-state index in [0.717, 1.165) is 29.3 Å². The minimum Gasteiger partial charge on any atom is -0.507 e. The van der Waals surface area contributed by atoms with Gasteiger partial charge in [0.25, 0.3) is 11.1 Å². The number of aryl methyl sites for hydroxylation is 4. The van der Waals surface area contributed by atoms with Gasteiger partial charge < -0.3 is 29.2 Å². The predicted molar refractivity (Wildman–Crippen MR) is 146 cm³/mol. The van der Waals surface area contributed by atoms with Crippen LogP contribution in [0.25, 0.3) is 10.9 Å². The maximum Gasteiger partial charge on any atom is 0.306 e. The number of benzene rings is 2. The Balaban J connectivity index is 1.65. The molecule has 0 spiro atoms. The number of ether oxygens (including phenoxy) is 1. The van der Waals surface area contributed by atoms with Gasteiger partial charge in [0.15, 0.2) is 11.5 Å². The maximum atomic E-state index is 13.9. The number of phenolic OH excluding ortho intramolecular Hbond substituents is 2. The fraction of sp³-hybridized carbons (Fsp3) is 0.300. The molecule has 3 heterocycles. The Kier molecular flexibility index (Phi) is 6.91. The van der Waals surface area contributed by atoms with Crippen molar-refractivity contribution in [3.05, 3.63) is 97.2 Å². The summed E-state index contributed by atoms with van der Waals surface area (Å²) in [5.74, 6) is -2.43. The van der Waals surface area contributed by atoms with Crippen LogP contribution in [0.2, 0.25) is 0 Å². The molecule has 0 aliphatic carbocycles. The molecule has 3 N–H and O–H groups in total. The minimum absolute atomic E-state index is 0.0456. The van der Waals surface area contributed by atoms with Crippen LogP contribution in [0.15, 0.2) is 58.1 Å². The number of para-hydroxylation sites is 1. The SMILES string of the molecule is COC(=O)C[C@@H](c1c(O)cc(C)n(CCc2ccc(O)c(O)c2)c1=O)c1cc2cccc3c2n(c1=O)CCC3. The molecular weight excluding hydrogens is 500 g/mol. The molecule has 4 aromatic rings. The zero-order chi connectivity index (χ0) is 27.8.